The van der Waals surface area contributed by atoms with Crippen LogP contribution in [0.25, 0.3) is 11.1 Å². The number of fused-ring (bicyclic) bond motifs is 1. The van der Waals surface area contributed by atoms with E-state index in [2.05, 4.69) is 15.4 Å². The molecule has 180 valence electrons. The molecule has 3 aromatic rings. The van der Waals surface area contributed by atoms with Gasteiger partial charge < -0.3 is 10.1 Å². The molecule has 34 heavy (non-hydrogen) atoms. The van der Waals surface area contributed by atoms with Gasteiger partial charge in [-0.1, -0.05) is 13.0 Å². The highest BCUT2D eigenvalue weighted by Crippen LogP contribution is 2.40. The first-order valence-electron chi connectivity index (χ1n) is 11.1. The second-order valence-electron chi connectivity index (χ2n) is 8.57. The van der Waals surface area contributed by atoms with Crippen LogP contribution in [0.2, 0.25) is 0 Å². The third-order valence-electron chi connectivity index (χ3n) is 5.79. The monoisotopic (exact) mass is 483 g/mol. The van der Waals surface area contributed by atoms with Crippen molar-refractivity contribution in [1.82, 2.24) is 14.8 Å². The zero-order chi connectivity index (χ0) is 24.6. The van der Waals surface area contributed by atoms with Crippen molar-refractivity contribution in [2.45, 2.75) is 40.2 Å². The van der Waals surface area contributed by atoms with Gasteiger partial charge in [0.05, 0.1) is 23.7 Å². The molecule has 0 aliphatic carbocycles. The molecule has 1 aliphatic rings. The number of ether oxygens (including phenoxy) is 1. The van der Waals surface area contributed by atoms with Gasteiger partial charge in [-0.25, -0.2) is 8.42 Å². The normalized spacial score (nSPS) is 15.6. The highest BCUT2D eigenvalue weighted by Gasteiger charge is 2.37. The van der Waals surface area contributed by atoms with Gasteiger partial charge >= 0.3 is 0 Å². The van der Waals surface area contributed by atoms with E-state index in [-0.39, 0.29) is 12.3 Å². The molecule has 4 rings (SSSR count). The van der Waals surface area contributed by atoms with E-state index in [1.807, 2.05) is 39.8 Å². The first kappa shape index (κ1) is 23.7. The molecule has 2 aromatic heterocycles. The molecule has 1 unspecified atom stereocenters. The number of amides is 1. The Kier molecular flexibility index (Phi) is 6.35. The Morgan fingerprint density at radius 2 is 1.88 bits per heavy atom. The highest BCUT2D eigenvalue weighted by molar-refractivity contribution is 7.92. The Hall–Kier alpha value is -3.40. The van der Waals surface area contributed by atoms with Crippen LogP contribution < -0.4 is 14.4 Å². The number of pyridine rings is 1. The SMILES string of the molecule is CCCS(=O)(=O)N1CC(C(=O)Nc2cc(C)nn2C)Oc2ccc(-c3c(C)cncc3C)cc21. The number of nitrogens with one attached hydrogen (secondary N) is 1. The quantitative estimate of drug-likeness (QED) is 0.576. The first-order chi connectivity index (χ1) is 16.1. The topological polar surface area (TPSA) is 106 Å². The van der Waals surface area contributed by atoms with Crippen LogP contribution in [-0.4, -0.2) is 47.5 Å². The average Bonchev–Trinajstić information content (AvgIpc) is 3.09. The minimum Gasteiger partial charge on any atom is -0.476 e. The van der Waals surface area contributed by atoms with Gasteiger partial charge in [-0.2, -0.15) is 5.10 Å². The molecule has 1 aliphatic heterocycles. The van der Waals surface area contributed by atoms with Crippen LogP contribution in [0.4, 0.5) is 11.5 Å². The fraction of sp³-hybridized carbons (Fsp3) is 0.375. The number of carbonyl (C=O) groups is 1. The zero-order valence-electron chi connectivity index (χ0n) is 20.0. The van der Waals surface area contributed by atoms with Gasteiger partial charge in [0.1, 0.15) is 11.6 Å². The lowest BCUT2D eigenvalue weighted by molar-refractivity contribution is -0.122. The number of aryl methyl sites for hydroxylation is 4. The Morgan fingerprint density at radius 1 is 1.18 bits per heavy atom. The van der Waals surface area contributed by atoms with Crippen molar-refractivity contribution in [3.63, 3.8) is 0 Å². The van der Waals surface area contributed by atoms with Gasteiger partial charge in [0.15, 0.2) is 6.10 Å². The van der Waals surface area contributed by atoms with Crippen LogP contribution in [0.5, 0.6) is 5.75 Å². The Labute approximate surface area is 199 Å². The summed E-state index contributed by atoms with van der Waals surface area (Å²) in [5.41, 5.74) is 5.03. The lowest BCUT2D eigenvalue weighted by Gasteiger charge is -2.35. The second kappa shape index (κ2) is 9.09. The van der Waals surface area contributed by atoms with E-state index >= 15 is 0 Å². The number of benzene rings is 1. The molecule has 0 saturated carbocycles. The Bertz CT molecular complexity index is 1330. The van der Waals surface area contributed by atoms with Crippen LogP contribution >= 0.6 is 0 Å². The standard InChI is InChI=1S/C24H29N5O4S/c1-6-9-34(31,32)29-14-21(24(30)26-22-10-17(4)27-28(22)5)33-20-8-7-18(11-19(20)29)23-15(2)12-25-13-16(23)3/h7-8,10-13,21H,6,9,14H2,1-5H3,(H,26,30). The maximum absolute atomic E-state index is 13.2. The molecule has 1 aromatic carbocycles. The average molecular weight is 484 g/mol. The zero-order valence-corrected chi connectivity index (χ0v) is 20.8. The van der Waals surface area contributed by atoms with Gasteiger partial charge in [-0.05, 0) is 61.6 Å². The molecule has 9 nitrogen and oxygen atoms in total. The fourth-order valence-electron chi connectivity index (χ4n) is 4.27. The minimum absolute atomic E-state index is 0.0285. The Balaban J connectivity index is 1.73. The van der Waals surface area contributed by atoms with Crippen LogP contribution in [0, 0.1) is 20.8 Å². The van der Waals surface area contributed by atoms with Crippen molar-refractivity contribution in [3.8, 4) is 16.9 Å². The lowest BCUT2D eigenvalue weighted by atomic mass is 9.97. The second-order valence-corrected chi connectivity index (χ2v) is 10.6. The molecule has 10 heteroatoms. The number of anilines is 2. The summed E-state index contributed by atoms with van der Waals surface area (Å²) in [7, 11) is -1.94. The summed E-state index contributed by atoms with van der Waals surface area (Å²) in [5, 5.41) is 7.02. The summed E-state index contributed by atoms with van der Waals surface area (Å²) in [6.07, 6.45) is 3.02. The molecular weight excluding hydrogens is 454 g/mol. The largest absolute Gasteiger partial charge is 0.476 e. The van der Waals surface area contributed by atoms with Crippen molar-refractivity contribution in [1.29, 1.82) is 0 Å². The minimum atomic E-state index is -3.67. The third kappa shape index (κ3) is 4.50. The van der Waals surface area contributed by atoms with Gasteiger partial charge in [-0.3, -0.25) is 18.8 Å². The molecule has 0 fully saturated rings. The predicted molar refractivity (Wildman–Crippen MR) is 132 cm³/mol. The molecular formula is C24H29N5O4S. The summed E-state index contributed by atoms with van der Waals surface area (Å²) < 4.78 is 35.3. The van der Waals surface area contributed by atoms with Gasteiger partial charge in [0.25, 0.3) is 5.91 Å². The molecule has 1 amide bonds. The van der Waals surface area contributed by atoms with E-state index in [0.29, 0.717) is 23.7 Å². The number of carbonyl (C=O) groups excluding carboxylic acids is 1. The highest BCUT2D eigenvalue weighted by atomic mass is 32.2. The fourth-order valence-corrected chi connectivity index (χ4v) is 5.81. The van der Waals surface area contributed by atoms with Crippen LogP contribution in [0.3, 0.4) is 0 Å². The predicted octanol–water partition coefficient (Wildman–Crippen LogP) is 3.35. The van der Waals surface area contributed by atoms with E-state index < -0.39 is 22.0 Å². The van der Waals surface area contributed by atoms with E-state index in [1.54, 1.807) is 36.3 Å². The van der Waals surface area contributed by atoms with E-state index in [9.17, 15) is 13.2 Å². The number of nitrogens with zero attached hydrogens (tertiary/aromatic N) is 4. The van der Waals surface area contributed by atoms with E-state index in [0.717, 1.165) is 27.9 Å². The third-order valence-corrected chi connectivity index (χ3v) is 7.73. The molecule has 1 atom stereocenters. The van der Waals surface area contributed by atoms with Crippen molar-refractivity contribution in [2.24, 2.45) is 7.05 Å². The number of aromatic nitrogens is 3. The maximum atomic E-state index is 13.2. The van der Waals surface area contributed by atoms with Crippen LogP contribution in [0.15, 0.2) is 36.7 Å². The number of sulfonamides is 1. The van der Waals surface area contributed by atoms with Crippen LogP contribution in [-0.2, 0) is 21.9 Å². The number of rotatable bonds is 6. The summed E-state index contributed by atoms with van der Waals surface area (Å²) in [4.78, 5) is 17.3. The van der Waals surface area contributed by atoms with Crippen molar-refractivity contribution >= 4 is 27.4 Å². The first-order valence-corrected chi connectivity index (χ1v) is 12.8. The van der Waals surface area contributed by atoms with Gasteiger partial charge in [-0.15, -0.1) is 0 Å². The summed E-state index contributed by atoms with van der Waals surface area (Å²) >= 11 is 0. The van der Waals surface area contributed by atoms with E-state index in [1.165, 1.54) is 4.31 Å². The number of hydrogen-bond donors (Lipinski definition) is 1. The molecule has 0 bridgehead atoms. The number of hydrogen-bond acceptors (Lipinski definition) is 6. The molecule has 0 saturated heterocycles. The van der Waals surface area contributed by atoms with Crippen molar-refractivity contribution in [3.05, 3.63) is 53.5 Å². The van der Waals surface area contributed by atoms with Crippen molar-refractivity contribution in [2.75, 3.05) is 21.9 Å². The summed E-state index contributed by atoms with van der Waals surface area (Å²) in [5.74, 6) is 0.397. The van der Waals surface area contributed by atoms with Gasteiger partial charge in [0.2, 0.25) is 10.0 Å². The maximum Gasteiger partial charge on any atom is 0.268 e. The van der Waals surface area contributed by atoms with Gasteiger partial charge in [0, 0.05) is 25.5 Å². The van der Waals surface area contributed by atoms with E-state index in [4.69, 9.17) is 4.74 Å². The lowest BCUT2D eigenvalue weighted by Crippen LogP contribution is -2.49. The van der Waals surface area contributed by atoms with Crippen LogP contribution in [0.1, 0.15) is 30.2 Å². The molecule has 0 radical (unpaired) electrons. The smallest absolute Gasteiger partial charge is 0.268 e. The molecule has 0 spiro atoms. The summed E-state index contributed by atoms with van der Waals surface area (Å²) in [6.45, 7) is 7.46. The molecule has 3 heterocycles. The Morgan fingerprint density at radius 3 is 2.50 bits per heavy atom. The summed E-state index contributed by atoms with van der Waals surface area (Å²) in [6, 6.07) is 7.16. The molecule has 1 N–H and O–H groups in total. The van der Waals surface area contributed by atoms with Crippen molar-refractivity contribution < 1.29 is 17.9 Å².